The van der Waals surface area contributed by atoms with Crippen molar-refractivity contribution in [3.05, 3.63) is 78.0 Å². The van der Waals surface area contributed by atoms with Crippen LogP contribution in [0.4, 0.5) is 5.82 Å². The van der Waals surface area contributed by atoms with Gasteiger partial charge < -0.3 is 15.0 Å². The largest absolute Gasteiger partial charge is 0.449 e. The van der Waals surface area contributed by atoms with Crippen molar-refractivity contribution < 1.29 is 14.3 Å². The summed E-state index contributed by atoms with van der Waals surface area (Å²) in [6.07, 6.45) is 0.674. The van der Waals surface area contributed by atoms with Crippen LogP contribution in [0.2, 0.25) is 0 Å². The normalized spacial score (nSPS) is 11.8. The zero-order chi connectivity index (χ0) is 21.1. The molecule has 0 saturated carbocycles. The Morgan fingerprint density at radius 3 is 2.60 bits per heavy atom. The van der Waals surface area contributed by atoms with Crippen molar-refractivity contribution >= 4 is 28.7 Å². The van der Waals surface area contributed by atoms with Gasteiger partial charge in [-0.3, -0.25) is 4.79 Å². The Kier molecular flexibility index (Phi) is 5.26. The number of nitrogens with one attached hydrogen (secondary N) is 2. The number of anilines is 1. The number of aryl methyl sites for hydroxylation is 1. The first-order chi connectivity index (χ1) is 14.5. The molecule has 2 heterocycles. The molecule has 150 valence electrons. The first-order valence-corrected chi connectivity index (χ1v) is 9.49. The molecule has 0 spiro atoms. The van der Waals surface area contributed by atoms with Crippen molar-refractivity contribution in [3.63, 3.8) is 0 Å². The number of fused-ring (bicyclic) bond motifs is 1. The Labute approximate surface area is 173 Å². The average molecular weight is 400 g/mol. The van der Waals surface area contributed by atoms with E-state index in [1.54, 1.807) is 30.5 Å². The molecule has 0 radical (unpaired) electrons. The molecule has 0 aliphatic rings. The number of rotatable bonds is 5. The molecule has 1 atom stereocenters. The Balaban J connectivity index is 1.45. The maximum absolute atomic E-state index is 12.5. The van der Waals surface area contributed by atoms with E-state index in [0.717, 1.165) is 22.5 Å². The van der Waals surface area contributed by atoms with Gasteiger partial charge in [0.25, 0.3) is 5.91 Å². The number of hydrogen-bond donors (Lipinski definition) is 2. The van der Waals surface area contributed by atoms with E-state index in [9.17, 15) is 9.59 Å². The number of aromatic amines is 1. The lowest BCUT2D eigenvalue weighted by Crippen LogP contribution is -2.30. The van der Waals surface area contributed by atoms with Crippen molar-refractivity contribution in [3.8, 4) is 11.4 Å². The van der Waals surface area contributed by atoms with Gasteiger partial charge in [-0.15, -0.1) is 0 Å². The Bertz CT molecular complexity index is 1200. The molecule has 1 unspecified atom stereocenters. The van der Waals surface area contributed by atoms with Gasteiger partial charge in [0.1, 0.15) is 11.6 Å². The number of hydrogen-bond acceptors (Lipinski definition) is 5. The molecule has 4 rings (SSSR count). The number of esters is 1. The minimum atomic E-state index is -0.974. The van der Waals surface area contributed by atoms with Crippen LogP contribution >= 0.6 is 0 Å². The molecule has 2 N–H and O–H groups in total. The highest BCUT2D eigenvalue weighted by atomic mass is 16.5. The van der Waals surface area contributed by atoms with Crippen LogP contribution in [0.5, 0.6) is 0 Å². The summed E-state index contributed by atoms with van der Waals surface area (Å²) in [5.74, 6) is 0.0799. The number of carbonyl (C=O) groups is 2. The molecule has 0 aliphatic carbocycles. The van der Waals surface area contributed by atoms with Crippen LogP contribution in [-0.2, 0) is 9.53 Å². The van der Waals surface area contributed by atoms with Crippen LogP contribution in [0.25, 0.3) is 22.4 Å². The fourth-order valence-corrected chi connectivity index (χ4v) is 2.92. The number of nitrogens with zero attached hydrogens (tertiary/aromatic N) is 2. The molecule has 1 amide bonds. The van der Waals surface area contributed by atoms with Crippen LogP contribution in [0.1, 0.15) is 22.8 Å². The number of pyridine rings is 1. The predicted octanol–water partition coefficient (Wildman–Crippen LogP) is 4.12. The lowest BCUT2D eigenvalue weighted by molar-refractivity contribution is -0.123. The smallest absolute Gasteiger partial charge is 0.338 e. The first-order valence-electron chi connectivity index (χ1n) is 9.49. The lowest BCUT2D eigenvalue weighted by Gasteiger charge is -2.13. The highest BCUT2D eigenvalue weighted by molar-refractivity contribution is 5.98. The Morgan fingerprint density at radius 1 is 1.07 bits per heavy atom. The fraction of sp³-hybridized carbons (Fsp3) is 0.130. The molecule has 0 fully saturated rings. The third-order valence-corrected chi connectivity index (χ3v) is 4.58. The van der Waals surface area contributed by atoms with Gasteiger partial charge in [-0.2, -0.15) is 0 Å². The van der Waals surface area contributed by atoms with E-state index in [0.29, 0.717) is 16.9 Å². The average Bonchev–Trinajstić information content (AvgIpc) is 3.19. The van der Waals surface area contributed by atoms with Crippen LogP contribution in [-0.4, -0.2) is 32.9 Å². The van der Waals surface area contributed by atoms with Gasteiger partial charge in [0.2, 0.25) is 0 Å². The van der Waals surface area contributed by atoms with Crippen LogP contribution < -0.4 is 5.32 Å². The van der Waals surface area contributed by atoms with Crippen LogP contribution in [0, 0.1) is 6.92 Å². The number of benzene rings is 2. The first kappa shape index (κ1) is 19.3. The minimum absolute atomic E-state index is 0.332. The van der Waals surface area contributed by atoms with E-state index in [1.165, 1.54) is 6.92 Å². The summed E-state index contributed by atoms with van der Waals surface area (Å²) >= 11 is 0. The minimum Gasteiger partial charge on any atom is -0.449 e. The summed E-state index contributed by atoms with van der Waals surface area (Å²) in [5.41, 5.74) is 3.72. The number of amides is 1. The Morgan fingerprint density at radius 2 is 1.87 bits per heavy atom. The molecule has 0 aliphatic heterocycles. The second kappa shape index (κ2) is 8.16. The maximum atomic E-state index is 12.5. The monoisotopic (exact) mass is 400 g/mol. The number of carbonyl (C=O) groups excluding carboxylic acids is 2. The van der Waals surface area contributed by atoms with Gasteiger partial charge in [-0.1, -0.05) is 36.4 Å². The summed E-state index contributed by atoms with van der Waals surface area (Å²) in [6.45, 7) is 3.42. The molecule has 30 heavy (non-hydrogen) atoms. The molecular weight excluding hydrogens is 380 g/mol. The van der Waals surface area contributed by atoms with Crippen LogP contribution in [0.15, 0.2) is 66.9 Å². The van der Waals surface area contributed by atoms with Gasteiger partial charge in [-0.05, 0) is 43.7 Å². The molecular formula is C23H20N4O3. The van der Waals surface area contributed by atoms with E-state index in [-0.39, 0.29) is 0 Å². The van der Waals surface area contributed by atoms with Crippen molar-refractivity contribution in [2.45, 2.75) is 20.0 Å². The van der Waals surface area contributed by atoms with Gasteiger partial charge in [0, 0.05) is 11.8 Å². The molecule has 2 aromatic heterocycles. The van der Waals surface area contributed by atoms with E-state index in [4.69, 9.17) is 4.74 Å². The number of ether oxygens (including phenoxy) is 1. The van der Waals surface area contributed by atoms with Gasteiger partial charge in [0.05, 0.1) is 16.6 Å². The molecule has 0 bridgehead atoms. The second-order valence-electron chi connectivity index (χ2n) is 6.94. The molecule has 7 heteroatoms. The SMILES string of the molecule is Cc1ccc(NC(=O)C(C)OC(=O)c2ccc3nc(-c4ccccc4)[nH]c3c2)nc1. The number of H-pyrrole nitrogens is 1. The van der Waals surface area contributed by atoms with Crippen molar-refractivity contribution in [1.82, 2.24) is 15.0 Å². The van der Waals surface area contributed by atoms with Crippen LogP contribution in [0.3, 0.4) is 0 Å². The van der Waals surface area contributed by atoms with Gasteiger partial charge in [-0.25, -0.2) is 14.8 Å². The number of aromatic nitrogens is 3. The Hall–Kier alpha value is -4.00. The van der Waals surface area contributed by atoms with Crippen molar-refractivity contribution in [2.24, 2.45) is 0 Å². The molecule has 0 saturated heterocycles. The third kappa shape index (κ3) is 4.20. The molecule has 4 aromatic rings. The maximum Gasteiger partial charge on any atom is 0.338 e. The van der Waals surface area contributed by atoms with Crippen molar-refractivity contribution in [1.29, 1.82) is 0 Å². The second-order valence-corrected chi connectivity index (χ2v) is 6.94. The quantitative estimate of drug-likeness (QED) is 0.491. The molecule has 2 aromatic carbocycles. The zero-order valence-corrected chi connectivity index (χ0v) is 16.5. The fourth-order valence-electron chi connectivity index (χ4n) is 2.92. The van der Waals surface area contributed by atoms with Gasteiger partial charge in [0.15, 0.2) is 6.10 Å². The van der Waals surface area contributed by atoms with E-state index in [2.05, 4.69) is 20.3 Å². The summed E-state index contributed by atoms with van der Waals surface area (Å²) in [7, 11) is 0. The predicted molar refractivity (Wildman–Crippen MR) is 114 cm³/mol. The van der Waals surface area contributed by atoms with E-state index in [1.807, 2.05) is 43.3 Å². The molecule has 7 nitrogen and oxygen atoms in total. The summed E-state index contributed by atoms with van der Waals surface area (Å²) in [4.78, 5) is 36.7. The zero-order valence-electron chi connectivity index (χ0n) is 16.5. The van der Waals surface area contributed by atoms with Crippen molar-refractivity contribution in [2.75, 3.05) is 5.32 Å². The standard InChI is InChI=1S/C23H20N4O3/c1-14-8-11-20(24-13-14)27-22(28)15(2)30-23(29)17-9-10-18-19(12-17)26-21(25-18)16-6-4-3-5-7-16/h3-13,15H,1-2H3,(H,25,26)(H,24,27,28). The topological polar surface area (TPSA) is 97.0 Å². The summed E-state index contributed by atoms with van der Waals surface area (Å²) in [5, 5.41) is 2.63. The summed E-state index contributed by atoms with van der Waals surface area (Å²) in [6, 6.07) is 18.3. The lowest BCUT2D eigenvalue weighted by atomic mass is 10.2. The third-order valence-electron chi connectivity index (χ3n) is 4.58. The summed E-state index contributed by atoms with van der Waals surface area (Å²) < 4.78 is 5.32. The van der Waals surface area contributed by atoms with E-state index < -0.39 is 18.0 Å². The van der Waals surface area contributed by atoms with E-state index >= 15 is 0 Å². The van der Waals surface area contributed by atoms with Gasteiger partial charge >= 0.3 is 5.97 Å². The number of imidazole rings is 1. The highest BCUT2D eigenvalue weighted by Gasteiger charge is 2.20. The highest BCUT2D eigenvalue weighted by Crippen LogP contribution is 2.21.